The van der Waals surface area contributed by atoms with Crippen LogP contribution in [0, 0.1) is 0 Å². The quantitative estimate of drug-likeness (QED) is 0.537. The molecule has 0 radical (unpaired) electrons. The van der Waals surface area contributed by atoms with Crippen LogP contribution in [-0.2, 0) is 6.61 Å². The third kappa shape index (κ3) is 4.17. The van der Waals surface area contributed by atoms with E-state index < -0.39 is 5.97 Å². The molecule has 5 heteroatoms. The molecule has 4 rings (SSSR count). The Morgan fingerprint density at radius 1 is 1.03 bits per heavy atom. The van der Waals surface area contributed by atoms with E-state index >= 15 is 0 Å². The number of carboxylic acids is 1. The molecule has 3 aromatic rings. The highest BCUT2D eigenvalue weighted by atomic mass is 35.5. The monoisotopic (exact) mass is 405 g/mol. The molecule has 2 aromatic carbocycles. The van der Waals surface area contributed by atoms with E-state index in [1.165, 1.54) is 0 Å². The molecule has 146 valence electrons. The number of allylic oxidation sites excluding steroid dienone is 2. The summed E-state index contributed by atoms with van der Waals surface area (Å²) in [5, 5.41) is 10.2. The molecule has 0 saturated heterocycles. The van der Waals surface area contributed by atoms with Crippen LogP contribution in [0.5, 0.6) is 5.75 Å². The zero-order valence-electron chi connectivity index (χ0n) is 15.8. The second kappa shape index (κ2) is 8.50. The van der Waals surface area contributed by atoms with Crippen LogP contribution in [0.2, 0.25) is 5.02 Å². The van der Waals surface area contributed by atoms with E-state index in [2.05, 4.69) is 4.98 Å². The number of rotatable bonds is 6. The number of hydrogen-bond donors (Lipinski definition) is 1. The van der Waals surface area contributed by atoms with E-state index in [4.69, 9.17) is 16.3 Å². The smallest absolute Gasteiger partial charge is 0.337 e. The Kier molecular flexibility index (Phi) is 5.63. The van der Waals surface area contributed by atoms with E-state index in [0.29, 0.717) is 17.3 Å². The standard InChI is InChI=1S/C24H20ClNO3/c25-17-11-12-22(29-15-16-6-2-1-3-7-16)21(14-17)18-8-4-9-19(18)23-20(24(27)28)10-5-13-26-23/h1-3,5-7,10-14H,4,8-9,15H2,(H,27,28). The zero-order chi connectivity index (χ0) is 20.2. The molecular weight excluding hydrogens is 386 g/mol. The summed E-state index contributed by atoms with van der Waals surface area (Å²) >= 11 is 6.30. The molecule has 1 N–H and O–H groups in total. The molecule has 1 aliphatic rings. The second-order valence-electron chi connectivity index (χ2n) is 6.93. The molecule has 1 aromatic heterocycles. The van der Waals surface area contributed by atoms with Crippen molar-refractivity contribution in [2.24, 2.45) is 0 Å². The van der Waals surface area contributed by atoms with Gasteiger partial charge < -0.3 is 9.84 Å². The molecule has 0 fully saturated rings. The number of hydrogen-bond acceptors (Lipinski definition) is 3. The first-order chi connectivity index (χ1) is 14.1. The summed E-state index contributed by atoms with van der Waals surface area (Å²) < 4.78 is 6.12. The number of aromatic carboxylic acids is 1. The Balaban J connectivity index is 1.76. The summed E-state index contributed by atoms with van der Waals surface area (Å²) in [6.45, 7) is 0.446. The normalized spacial score (nSPS) is 13.6. The maximum atomic E-state index is 11.7. The highest BCUT2D eigenvalue weighted by Crippen LogP contribution is 2.43. The van der Waals surface area contributed by atoms with Crippen molar-refractivity contribution in [3.63, 3.8) is 0 Å². The number of carboxylic acid groups (broad SMARTS) is 1. The molecular formula is C24H20ClNO3. The molecule has 1 aliphatic carbocycles. The fourth-order valence-corrected chi connectivity index (χ4v) is 3.89. The fourth-order valence-electron chi connectivity index (χ4n) is 3.72. The van der Waals surface area contributed by atoms with E-state index in [1.54, 1.807) is 18.3 Å². The van der Waals surface area contributed by atoms with Gasteiger partial charge >= 0.3 is 5.97 Å². The number of nitrogens with zero attached hydrogens (tertiary/aromatic N) is 1. The first-order valence-corrected chi connectivity index (χ1v) is 9.88. The lowest BCUT2D eigenvalue weighted by atomic mass is 9.97. The molecule has 29 heavy (non-hydrogen) atoms. The van der Waals surface area contributed by atoms with Crippen LogP contribution in [-0.4, -0.2) is 16.1 Å². The van der Waals surface area contributed by atoms with Gasteiger partial charge in [0.05, 0.1) is 11.3 Å². The average molecular weight is 406 g/mol. The second-order valence-corrected chi connectivity index (χ2v) is 7.37. The number of pyridine rings is 1. The van der Waals surface area contributed by atoms with Gasteiger partial charge in [0.2, 0.25) is 0 Å². The van der Waals surface area contributed by atoms with Crippen LogP contribution >= 0.6 is 11.6 Å². The largest absolute Gasteiger partial charge is 0.488 e. The van der Waals surface area contributed by atoms with Crippen LogP contribution in [0.3, 0.4) is 0 Å². The number of ether oxygens (including phenoxy) is 1. The molecule has 0 unspecified atom stereocenters. The van der Waals surface area contributed by atoms with Crippen LogP contribution in [0.4, 0.5) is 0 Å². The van der Waals surface area contributed by atoms with Crippen molar-refractivity contribution in [3.05, 3.63) is 94.3 Å². The molecule has 0 aliphatic heterocycles. The van der Waals surface area contributed by atoms with Gasteiger partial charge in [0.15, 0.2) is 0 Å². The molecule has 4 nitrogen and oxygen atoms in total. The molecule has 0 spiro atoms. The van der Waals surface area contributed by atoms with E-state index in [9.17, 15) is 9.90 Å². The number of halogens is 1. The van der Waals surface area contributed by atoms with Crippen molar-refractivity contribution in [2.75, 3.05) is 0 Å². The lowest BCUT2D eigenvalue weighted by Gasteiger charge is -2.15. The van der Waals surface area contributed by atoms with Gasteiger partial charge in [-0.25, -0.2) is 4.79 Å². The maximum absolute atomic E-state index is 11.7. The van der Waals surface area contributed by atoms with Gasteiger partial charge in [-0.05, 0) is 66.3 Å². The van der Waals surface area contributed by atoms with Gasteiger partial charge in [-0.15, -0.1) is 0 Å². The maximum Gasteiger partial charge on any atom is 0.337 e. The van der Waals surface area contributed by atoms with Crippen LogP contribution in [0.15, 0.2) is 66.9 Å². The topological polar surface area (TPSA) is 59.4 Å². The third-order valence-electron chi connectivity index (χ3n) is 5.05. The average Bonchev–Trinajstić information content (AvgIpc) is 3.23. The molecule has 0 atom stereocenters. The molecule has 0 amide bonds. The highest BCUT2D eigenvalue weighted by Gasteiger charge is 2.25. The Morgan fingerprint density at radius 2 is 1.83 bits per heavy atom. The van der Waals surface area contributed by atoms with Crippen LogP contribution in [0.1, 0.15) is 46.4 Å². The summed E-state index contributed by atoms with van der Waals surface area (Å²) in [6.07, 6.45) is 4.17. The van der Waals surface area contributed by atoms with Gasteiger partial charge in [-0.3, -0.25) is 4.98 Å². The lowest BCUT2D eigenvalue weighted by Crippen LogP contribution is -2.04. The van der Waals surface area contributed by atoms with Gasteiger partial charge in [0.25, 0.3) is 0 Å². The summed E-state index contributed by atoms with van der Waals surface area (Å²) in [7, 11) is 0. The van der Waals surface area contributed by atoms with E-state index in [1.807, 2.05) is 48.5 Å². The Bertz CT molecular complexity index is 1080. The minimum atomic E-state index is -0.974. The van der Waals surface area contributed by atoms with Gasteiger partial charge in [0.1, 0.15) is 12.4 Å². The van der Waals surface area contributed by atoms with Crippen molar-refractivity contribution in [3.8, 4) is 5.75 Å². The summed E-state index contributed by atoms with van der Waals surface area (Å²) in [5.74, 6) is -0.237. The van der Waals surface area contributed by atoms with Crippen LogP contribution in [0.25, 0.3) is 11.1 Å². The van der Waals surface area contributed by atoms with Gasteiger partial charge in [-0.2, -0.15) is 0 Å². The Labute approximate surface area is 174 Å². The number of benzene rings is 2. The summed E-state index contributed by atoms with van der Waals surface area (Å²) in [4.78, 5) is 16.1. The highest BCUT2D eigenvalue weighted by molar-refractivity contribution is 6.30. The summed E-state index contributed by atoms with van der Waals surface area (Å²) in [6, 6.07) is 18.8. The van der Waals surface area contributed by atoms with E-state index in [-0.39, 0.29) is 5.56 Å². The van der Waals surface area contributed by atoms with Crippen LogP contribution < -0.4 is 4.74 Å². The third-order valence-corrected chi connectivity index (χ3v) is 5.28. The van der Waals surface area contributed by atoms with E-state index in [0.717, 1.165) is 47.3 Å². The van der Waals surface area contributed by atoms with Crippen molar-refractivity contribution < 1.29 is 14.6 Å². The molecule has 0 bridgehead atoms. The predicted octanol–water partition coefficient (Wildman–Crippen LogP) is 6.11. The van der Waals surface area contributed by atoms with Crippen molar-refractivity contribution in [1.29, 1.82) is 0 Å². The number of aromatic nitrogens is 1. The summed E-state index contributed by atoms with van der Waals surface area (Å²) in [5.41, 5.74) is 4.73. The first kappa shape index (κ1) is 19.2. The number of carbonyl (C=O) groups is 1. The van der Waals surface area contributed by atoms with Gasteiger partial charge in [-0.1, -0.05) is 41.9 Å². The Hall–Kier alpha value is -3.11. The van der Waals surface area contributed by atoms with Crippen molar-refractivity contribution in [2.45, 2.75) is 25.9 Å². The minimum absolute atomic E-state index is 0.218. The van der Waals surface area contributed by atoms with Crippen molar-refractivity contribution in [1.82, 2.24) is 4.98 Å². The Morgan fingerprint density at radius 3 is 2.62 bits per heavy atom. The lowest BCUT2D eigenvalue weighted by molar-refractivity contribution is 0.0696. The fraction of sp³-hybridized carbons (Fsp3) is 0.167. The SMILES string of the molecule is O=C(O)c1cccnc1C1=C(c2cc(Cl)ccc2OCc2ccccc2)CCC1. The molecule has 1 heterocycles. The first-order valence-electron chi connectivity index (χ1n) is 9.51. The predicted molar refractivity (Wildman–Crippen MR) is 114 cm³/mol. The molecule has 0 saturated carbocycles. The zero-order valence-corrected chi connectivity index (χ0v) is 16.5. The minimum Gasteiger partial charge on any atom is -0.488 e. The van der Waals surface area contributed by atoms with Gasteiger partial charge in [0, 0.05) is 16.8 Å². The van der Waals surface area contributed by atoms with Crippen molar-refractivity contribution >= 4 is 28.7 Å².